The van der Waals surface area contributed by atoms with Crippen molar-refractivity contribution in [3.8, 4) is 11.5 Å². The maximum absolute atomic E-state index is 12.9. The number of nitrogens with zero attached hydrogens (tertiary/aromatic N) is 1. The molecule has 8 heteroatoms. The lowest BCUT2D eigenvalue weighted by Gasteiger charge is -2.23. The van der Waals surface area contributed by atoms with Gasteiger partial charge < -0.3 is 29.5 Å². The maximum Gasteiger partial charge on any atom is 0.333 e. The van der Waals surface area contributed by atoms with Gasteiger partial charge in [0.2, 0.25) is 0 Å². The second kappa shape index (κ2) is 15.9. The van der Waals surface area contributed by atoms with Crippen LogP contribution in [0.3, 0.4) is 0 Å². The average molecular weight is 521 g/mol. The van der Waals surface area contributed by atoms with E-state index in [1.165, 1.54) is 0 Å². The average Bonchev–Trinajstić information content (AvgIpc) is 2.94. The van der Waals surface area contributed by atoms with Crippen molar-refractivity contribution in [3.05, 3.63) is 96.1 Å². The van der Waals surface area contributed by atoms with Crippen molar-refractivity contribution < 1.29 is 28.9 Å². The first-order chi connectivity index (χ1) is 18.5. The standard InChI is InChI=1S/C30H36N2O6/c1-2-36-28(29(33)34)22-24-14-16-27(17-15-24)38-21-19-32(18-9-20-37-26-12-7-4-8-13-26)30(35)31-23-25-10-5-3-6-11-25/h3-8,10-17,28H,2,9,18-23H2,1H3,(H,31,35)(H,33,34). The van der Waals surface area contributed by atoms with Crippen LogP contribution in [0.15, 0.2) is 84.9 Å². The van der Waals surface area contributed by atoms with Crippen molar-refractivity contribution in [2.75, 3.05) is 32.9 Å². The Hall–Kier alpha value is -4.04. The predicted molar refractivity (Wildman–Crippen MR) is 145 cm³/mol. The summed E-state index contributed by atoms with van der Waals surface area (Å²) >= 11 is 0. The van der Waals surface area contributed by atoms with Crippen molar-refractivity contribution in [2.45, 2.75) is 32.4 Å². The fraction of sp³-hybridized carbons (Fsp3) is 0.333. The van der Waals surface area contributed by atoms with E-state index in [4.69, 9.17) is 14.2 Å². The largest absolute Gasteiger partial charge is 0.494 e. The molecule has 202 valence electrons. The molecule has 0 bridgehead atoms. The summed E-state index contributed by atoms with van der Waals surface area (Å²) in [7, 11) is 0. The molecule has 2 N–H and O–H groups in total. The monoisotopic (exact) mass is 520 g/mol. The zero-order valence-corrected chi connectivity index (χ0v) is 21.8. The number of hydrogen-bond acceptors (Lipinski definition) is 5. The zero-order chi connectivity index (χ0) is 27.0. The van der Waals surface area contributed by atoms with Crippen molar-refractivity contribution in [2.24, 2.45) is 0 Å². The molecule has 8 nitrogen and oxygen atoms in total. The molecule has 0 aliphatic carbocycles. The number of aliphatic carboxylic acids is 1. The van der Waals surface area contributed by atoms with E-state index in [1.54, 1.807) is 24.0 Å². The highest BCUT2D eigenvalue weighted by Gasteiger charge is 2.18. The fourth-order valence-electron chi connectivity index (χ4n) is 3.79. The summed E-state index contributed by atoms with van der Waals surface area (Å²) < 4.78 is 16.9. The number of carboxylic acids is 1. The van der Waals surface area contributed by atoms with Crippen LogP contribution in [0.25, 0.3) is 0 Å². The molecule has 3 aromatic rings. The molecule has 0 fully saturated rings. The Morgan fingerprint density at radius 3 is 2.11 bits per heavy atom. The molecule has 38 heavy (non-hydrogen) atoms. The number of rotatable bonds is 16. The van der Waals surface area contributed by atoms with Gasteiger partial charge in [0.1, 0.15) is 18.1 Å². The first-order valence-electron chi connectivity index (χ1n) is 12.9. The van der Waals surface area contributed by atoms with Crippen LogP contribution in [0, 0.1) is 0 Å². The number of carboxylic acid groups (broad SMARTS) is 1. The van der Waals surface area contributed by atoms with E-state index in [9.17, 15) is 14.7 Å². The van der Waals surface area contributed by atoms with Crippen LogP contribution in [0.4, 0.5) is 4.79 Å². The predicted octanol–water partition coefficient (Wildman–Crippen LogP) is 4.78. The number of hydrogen-bond donors (Lipinski definition) is 2. The van der Waals surface area contributed by atoms with Crippen molar-refractivity contribution in [3.63, 3.8) is 0 Å². The molecule has 0 saturated carbocycles. The first-order valence-corrected chi connectivity index (χ1v) is 12.9. The molecule has 0 aromatic heterocycles. The highest BCUT2D eigenvalue weighted by Crippen LogP contribution is 2.15. The summed E-state index contributed by atoms with van der Waals surface area (Å²) in [6.07, 6.45) is 0.0807. The molecular weight excluding hydrogens is 484 g/mol. The van der Waals surface area contributed by atoms with Gasteiger partial charge in [-0.1, -0.05) is 60.7 Å². The quantitative estimate of drug-likeness (QED) is 0.264. The van der Waals surface area contributed by atoms with Gasteiger partial charge in [0.25, 0.3) is 0 Å². The van der Waals surface area contributed by atoms with Crippen molar-refractivity contribution >= 4 is 12.0 Å². The highest BCUT2D eigenvalue weighted by molar-refractivity contribution is 5.74. The number of para-hydroxylation sites is 1. The third-order valence-corrected chi connectivity index (χ3v) is 5.78. The van der Waals surface area contributed by atoms with E-state index in [2.05, 4.69) is 5.32 Å². The van der Waals surface area contributed by atoms with Gasteiger partial charge >= 0.3 is 12.0 Å². The van der Waals surface area contributed by atoms with E-state index in [-0.39, 0.29) is 12.5 Å². The summed E-state index contributed by atoms with van der Waals surface area (Å²) in [5.74, 6) is 0.469. The summed E-state index contributed by atoms with van der Waals surface area (Å²) in [5.41, 5.74) is 1.87. The van der Waals surface area contributed by atoms with Crippen LogP contribution < -0.4 is 14.8 Å². The van der Waals surface area contributed by atoms with Gasteiger partial charge in [0, 0.05) is 26.1 Å². The van der Waals surface area contributed by atoms with Gasteiger partial charge in [0.15, 0.2) is 6.10 Å². The van der Waals surface area contributed by atoms with Crippen LogP contribution in [0.2, 0.25) is 0 Å². The third-order valence-electron chi connectivity index (χ3n) is 5.78. The number of carbonyl (C=O) groups is 2. The molecule has 0 heterocycles. The van der Waals surface area contributed by atoms with Crippen LogP contribution >= 0.6 is 0 Å². The second-order valence-electron chi connectivity index (χ2n) is 8.63. The molecular formula is C30H36N2O6. The van der Waals surface area contributed by atoms with Crippen LogP contribution in [0.1, 0.15) is 24.5 Å². The Balaban J connectivity index is 1.50. The second-order valence-corrected chi connectivity index (χ2v) is 8.63. The number of ether oxygens (including phenoxy) is 3. The van der Waals surface area contributed by atoms with E-state index in [0.29, 0.717) is 51.6 Å². The fourth-order valence-corrected chi connectivity index (χ4v) is 3.79. The lowest BCUT2D eigenvalue weighted by molar-refractivity contribution is -0.149. The maximum atomic E-state index is 12.9. The minimum absolute atomic E-state index is 0.164. The Morgan fingerprint density at radius 2 is 1.45 bits per heavy atom. The molecule has 1 unspecified atom stereocenters. The zero-order valence-electron chi connectivity index (χ0n) is 21.8. The minimum atomic E-state index is -0.980. The van der Waals surface area contributed by atoms with Gasteiger partial charge in [-0.05, 0) is 48.7 Å². The molecule has 2 amide bonds. The van der Waals surface area contributed by atoms with Gasteiger partial charge in [-0.2, -0.15) is 0 Å². The van der Waals surface area contributed by atoms with E-state index < -0.39 is 12.1 Å². The molecule has 0 saturated heterocycles. The Kier molecular flexibility index (Phi) is 12.0. The van der Waals surface area contributed by atoms with Gasteiger partial charge in [0.05, 0.1) is 13.2 Å². The SMILES string of the molecule is CCOC(Cc1ccc(OCCN(CCCOc2ccccc2)C(=O)NCc2ccccc2)cc1)C(=O)O. The van der Waals surface area contributed by atoms with E-state index in [0.717, 1.165) is 16.9 Å². The topological polar surface area (TPSA) is 97.3 Å². The summed E-state index contributed by atoms with van der Waals surface area (Å²) in [4.78, 5) is 26.0. The number of amides is 2. The first kappa shape index (κ1) is 28.5. The summed E-state index contributed by atoms with van der Waals surface area (Å²) in [6.45, 7) is 4.28. The Morgan fingerprint density at radius 1 is 0.816 bits per heavy atom. The van der Waals surface area contributed by atoms with Gasteiger partial charge in [-0.25, -0.2) is 9.59 Å². The minimum Gasteiger partial charge on any atom is -0.494 e. The molecule has 0 spiro atoms. The van der Waals surface area contributed by atoms with Crippen molar-refractivity contribution in [1.29, 1.82) is 0 Å². The lowest BCUT2D eigenvalue weighted by Crippen LogP contribution is -2.42. The molecule has 0 radical (unpaired) electrons. The molecule has 3 aromatic carbocycles. The molecule has 0 aliphatic heterocycles. The summed E-state index contributed by atoms with van der Waals surface area (Å²) in [5, 5.41) is 12.3. The van der Waals surface area contributed by atoms with E-state index >= 15 is 0 Å². The van der Waals surface area contributed by atoms with Crippen molar-refractivity contribution in [1.82, 2.24) is 10.2 Å². The lowest BCUT2D eigenvalue weighted by atomic mass is 10.1. The molecule has 0 aliphatic rings. The third kappa shape index (κ3) is 10.1. The number of carbonyl (C=O) groups excluding carboxylic acids is 1. The number of nitrogens with one attached hydrogen (secondary N) is 1. The molecule has 1 atom stereocenters. The number of benzene rings is 3. The van der Waals surface area contributed by atoms with Crippen LogP contribution in [-0.4, -0.2) is 61.0 Å². The normalized spacial score (nSPS) is 11.4. The smallest absolute Gasteiger partial charge is 0.333 e. The number of urea groups is 1. The molecule has 3 rings (SSSR count). The van der Waals surface area contributed by atoms with Gasteiger partial charge in [-0.3, -0.25) is 0 Å². The van der Waals surface area contributed by atoms with Crippen LogP contribution in [0.5, 0.6) is 11.5 Å². The van der Waals surface area contributed by atoms with Gasteiger partial charge in [-0.15, -0.1) is 0 Å². The van der Waals surface area contributed by atoms with E-state index in [1.807, 2.05) is 72.8 Å². The Labute approximate surface area is 224 Å². The summed E-state index contributed by atoms with van der Waals surface area (Å²) in [6, 6.07) is 26.5. The Bertz CT molecular complexity index is 1090. The van der Waals surface area contributed by atoms with Crippen LogP contribution in [-0.2, 0) is 22.5 Å². The highest BCUT2D eigenvalue weighted by atomic mass is 16.5.